The van der Waals surface area contributed by atoms with Crippen molar-refractivity contribution in [1.82, 2.24) is 10.3 Å². The van der Waals surface area contributed by atoms with E-state index in [1.165, 1.54) is 0 Å². The molecule has 4 rings (SSSR count). The molecule has 0 aromatic carbocycles. The van der Waals surface area contributed by atoms with Gasteiger partial charge in [0.1, 0.15) is 23.3 Å². The average molecular weight is 337 g/mol. The maximum absolute atomic E-state index is 13.5. The summed E-state index contributed by atoms with van der Waals surface area (Å²) in [7, 11) is 0. The van der Waals surface area contributed by atoms with Crippen molar-refractivity contribution in [3.05, 3.63) is 17.2 Å². The van der Waals surface area contributed by atoms with Gasteiger partial charge >= 0.3 is 6.18 Å². The first-order valence-electron chi connectivity index (χ1n) is 8.08. The molecule has 1 aromatic rings. The zero-order valence-corrected chi connectivity index (χ0v) is 13.3. The minimum atomic E-state index is -4.56. The summed E-state index contributed by atoms with van der Waals surface area (Å²) in [5.41, 5.74) is -1.05. The van der Waals surface area contributed by atoms with Crippen molar-refractivity contribution in [2.75, 3.05) is 42.5 Å². The summed E-state index contributed by atoms with van der Waals surface area (Å²) in [6, 6.07) is 2.87. The average Bonchev–Trinajstić information content (AvgIpc) is 2.41. The fraction of sp³-hybridized carbons (Fsp3) is 0.625. The molecule has 3 saturated heterocycles. The Bertz CT molecular complexity index is 712. The monoisotopic (exact) mass is 337 g/mol. The van der Waals surface area contributed by atoms with Crippen molar-refractivity contribution in [2.45, 2.75) is 25.6 Å². The van der Waals surface area contributed by atoms with Gasteiger partial charge < -0.3 is 15.1 Å². The van der Waals surface area contributed by atoms with Gasteiger partial charge in [-0.1, -0.05) is 0 Å². The SMILES string of the molecule is CC1CCN1c1nc(N2CC3(CNC3)C2)cc(C(F)(F)F)c1C#N. The van der Waals surface area contributed by atoms with E-state index in [1.54, 1.807) is 11.0 Å². The number of aromatic nitrogens is 1. The van der Waals surface area contributed by atoms with Crippen LogP contribution in [0.5, 0.6) is 0 Å². The molecule has 24 heavy (non-hydrogen) atoms. The summed E-state index contributed by atoms with van der Waals surface area (Å²) in [5.74, 6) is 0.502. The number of halogens is 3. The molecule has 0 aliphatic carbocycles. The van der Waals surface area contributed by atoms with E-state index in [2.05, 4.69) is 10.3 Å². The van der Waals surface area contributed by atoms with Crippen LogP contribution in [0.4, 0.5) is 24.8 Å². The maximum atomic E-state index is 13.5. The van der Waals surface area contributed by atoms with Crippen LogP contribution in [0.1, 0.15) is 24.5 Å². The van der Waals surface area contributed by atoms with Gasteiger partial charge in [0.15, 0.2) is 0 Å². The molecule has 3 fully saturated rings. The lowest BCUT2D eigenvalue weighted by atomic mass is 9.74. The van der Waals surface area contributed by atoms with Crippen molar-refractivity contribution in [3.8, 4) is 6.07 Å². The van der Waals surface area contributed by atoms with Crippen molar-refractivity contribution >= 4 is 11.6 Å². The normalized spacial score (nSPS) is 24.9. The molecule has 1 atom stereocenters. The number of alkyl halides is 3. The molecule has 1 aromatic heterocycles. The minimum absolute atomic E-state index is 0.111. The van der Waals surface area contributed by atoms with Crippen LogP contribution in [0, 0.1) is 16.7 Å². The molecular weight excluding hydrogens is 319 g/mol. The van der Waals surface area contributed by atoms with Gasteiger partial charge in [0, 0.05) is 44.2 Å². The fourth-order valence-electron chi connectivity index (χ4n) is 3.68. The minimum Gasteiger partial charge on any atom is -0.355 e. The first-order valence-corrected chi connectivity index (χ1v) is 8.08. The lowest BCUT2D eigenvalue weighted by molar-refractivity contribution is -0.137. The van der Waals surface area contributed by atoms with E-state index in [-0.39, 0.29) is 22.8 Å². The summed E-state index contributed by atoms with van der Waals surface area (Å²) in [6.07, 6.45) is -3.66. The predicted octanol–water partition coefficient (Wildman–Crippen LogP) is 1.98. The predicted molar refractivity (Wildman–Crippen MR) is 82.9 cm³/mol. The summed E-state index contributed by atoms with van der Waals surface area (Å²) in [4.78, 5) is 8.11. The van der Waals surface area contributed by atoms with Crippen molar-refractivity contribution < 1.29 is 13.2 Å². The Morgan fingerprint density at radius 1 is 1.38 bits per heavy atom. The van der Waals surface area contributed by atoms with Gasteiger partial charge in [-0.25, -0.2) is 4.98 Å². The van der Waals surface area contributed by atoms with E-state index >= 15 is 0 Å². The first kappa shape index (κ1) is 15.5. The van der Waals surface area contributed by atoms with Gasteiger partial charge in [0.2, 0.25) is 0 Å². The Hall–Kier alpha value is -2.01. The van der Waals surface area contributed by atoms with E-state index in [0.717, 1.165) is 25.6 Å². The second kappa shape index (κ2) is 4.99. The molecule has 1 N–H and O–H groups in total. The third-order valence-corrected chi connectivity index (χ3v) is 5.37. The van der Waals surface area contributed by atoms with Crippen LogP contribution in [-0.4, -0.2) is 43.7 Å². The summed E-state index contributed by atoms with van der Waals surface area (Å²) in [5, 5.41) is 12.5. The Morgan fingerprint density at radius 2 is 2.08 bits per heavy atom. The second-order valence-corrected chi connectivity index (χ2v) is 7.13. The Labute approximate surface area is 138 Å². The molecule has 0 radical (unpaired) electrons. The highest BCUT2D eigenvalue weighted by Gasteiger charge is 2.49. The summed E-state index contributed by atoms with van der Waals surface area (Å²) in [6.45, 7) is 5.81. The number of nitrogens with one attached hydrogen (secondary N) is 1. The van der Waals surface area contributed by atoms with Crippen LogP contribution in [0.25, 0.3) is 0 Å². The molecule has 1 spiro atoms. The van der Waals surface area contributed by atoms with Crippen LogP contribution < -0.4 is 15.1 Å². The molecular formula is C16H18F3N5. The molecule has 1 unspecified atom stereocenters. The quantitative estimate of drug-likeness (QED) is 0.894. The lowest BCUT2D eigenvalue weighted by Crippen LogP contribution is -2.71. The van der Waals surface area contributed by atoms with E-state index in [1.807, 2.05) is 11.8 Å². The van der Waals surface area contributed by atoms with Gasteiger partial charge in [0.25, 0.3) is 0 Å². The number of nitriles is 1. The molecule has 3 aliphatic heterocycles. The van der Waals surface area contributed by atoms with Crippen LogP contribution in [-0.2, 0) is 6.18 Å². The third kappa shape index (κ3) is 2.22. The van der Waals surface area contributed by atoms with Crippen LogP contribution in [0.3, 0.4) is 0 Å². The first-order chi connectivity index (χ1) is 11.3. The molecule has 0 amide bonds. The van der Waals surface area contributed by atoms with Crippen molar-refractivity contribution in [3.63, 3.8) is 0 Å². The maximum Gasteiger partial charge on any atom is 0.417 e. The highest BCUT2D eigenvalue weighted by atomic mass is 19.4. The molecule has 8 heteroatoms. The number of nitrogens with zero attached hydrogens (tertiary/aromatic N) is 4. The molecule has 4 heterocycles. The highest BCUT2D eigenvalue weighted by Crippen LogP contribution is 2.42. The largest absolute Gasteiger partial charge is 0.417 e. The fourth-order valence-corrected chi connectivity index (χ4v) is 3.68. The molecule has 0 bridgehead atoms. The van der Waals surface area contributed by atoms with Gasteiger partial charge in [-0.3, -0.25) is 0 Å². The van der Waals surface area contributed by atoms with Crippen LogP contribution >= 0.6 is 0 Å². The Kier molecular flexibility index (Phi) is 3.23. The third-order valence-electron chi connectivity index (χ3n) is 5.37. The van der Waals surface area contributed by atoms with Crippen LogP contribution in [0.15, 0.2) is 6.07 Å². The zero-order valence-electron chi connectivity index (χ0n) is 13.3. The van der Waals surface area contributed by atoms with Crippen molar-refractivity contribution in [1.29, 1.82) is 5.26 Å². The van der Waals surface area contributed by atoms with E-state index in [9.17, 15) is 18.4 Å². The van der Waals surface area contributed by atoms with E-state index in [0.29, 0.717) is 25.5 Å². The zero-order chi connectivity index (χ0) is 17.1. The standard InChI is InChI=1S/C16H18F3N5/c1-10-2-3-24(10)14-11(5-20)12(16(17,18)19)4-13(22-14)23-8-15(9-23)6-21-7-15/h4,10,21H,2-3,6-9H2,1H3. The molecule has 0 saturated carbocycles. The number of pyridine rings is 1. The topological polar surface area (TPSA) is 55.2 Å². The molecule has 5 nitrogen and oxygen atoms in total. The highest BCUT2D eigenvalue weighted by molar-refractivity contribution is 5.65. The van der Waals surface area contributed by atoms with E-state index < -0.39 is 11.7 Å². The Balaban J connectivity index is 1.74. The van der Waals surface area contributed by atoms with Gasteiger partial charge in [0.05, 0.1) is 5.56 Å². The van der Waals surface area contributed by atoms with Crippen molar-refractivity contribution in [2.24, 2.45) is 5.41 Å². The number of rotatable bonds is 2. The number of hydrogen-bond donors (Lipinski definition) is 1. The molecule has 3 aliphatic rings. The molecule has 128 valence electrons. The second-order valence-electron chi connectivity index (χ2n) is 7.13. The lowest BCUT2D eigenvalue weighted by Gasteiger charge is -2.56. The van der Waals surface area contributed by atoms with Crippen LogP contribution in [0.2, 0.25) is 0 Å². The summed E-state index contributed by atoms with van der Waals surface area (Å²) < 4.78 is 40.4. The smallest absolute Gasteiger partial charge is 0.355 e. The van der Waals surface area contributed by atoms with Gasteiger partial charge in [-0.15, -0.1) is 0 Å². The summed E-state index contributed by atoms with van der Waals surface area (Å²) >= 11 is 0. The number of anilines is 2. The van der Waals surface area contributed by atoms with Gasteiger partial charge in [-0.05, 0) is 19.4 Å². The Morgan fingerprint density at radius 3 is 2.50 bits per heavy atom. The van der Waals surface area contributed by atoms with E-state index in [4.69, 9.17) is 0 Å². The number of hydrogen-bond acceptors (Lipinski definition) is 5. The van der Waals surface area contributed by atoms with Gasteiger partial charge in [-0.2, -0.15) is 18.4 Å².